The maximum atomic E-state index is 11.5. The van der Waals surface area contributed by atoms with Crippen LogP contribution in [0.15, 0.2) is 24.4 Å². The van der Waals surface area contributed by atoms with Crippen molar-refractivity contribution in [3.05, 3.63) is 30.1 Å². The highest BCUT2D eigenvalue weighted by atomic mass is 16.1. The molecule has 1 fully saturated rings. The third kappa shape index (κ3) is 2.42. The van der Waals surface area contributed by atoms with Crippen molar-refractivity contribution in [2.45, 2.75) is 26.3 Å². The van der Waals surface area contributed by atoms with E-state index in [0.717, 1.165) is 50.4 Å². The summed E-state index contributed by atoms with van der Waals surface area (Å²) in [7, 11) is 0. The van der Waals surface area contributed by atoms with Gasteiger partial charge in [0.1, 0.15) is 11.3 Å². The topological polar surface area (TPSA) is 40.9 Å². The molecule has 0 spiro atoms. The molecule has 1 aliphatic heterocycles. The van der Waals surface area contributed by atoms with Crippen molar-refractivity contribution in [3.63, 3.8) is 0 Å². The van der Waals surface area contributed by atoms with Gasteiger partial charge in [-0.2, -0.15) is 0 Å². The van der Waals surface area contributed by atoms with Crippen LogP contribution in [0.5, 0.6) is 0 Å². The molecule has 1 unspecified atom stereocenters. The van der Waals surface area contributed by atoms with Crippen molar-refractivity contribution in [1.29, 1.82) is 0 Å². The zero-order valence-corrected chi connectivity index (χ0v) is 12.7. The molecule has 0 aromatic carbocycles. The molecule has 112 valence electrons. The van der Waals surface area contributed by atoms with Gasteiger partial charge in [0.15, 0.2) is 12.1 Å². The van der Waals surface area contributed by atoms with Gasteiger partial charge in [-0.05, 0) is 31.6 Å². The summed E-state index contributed by atoms with van der Waals surface area (Å²) >= 11 is 0. The van der Waals surface area contributed by atoms with E-state index in [1.807, 2.05) is 28.8 Å². The number of anilines is 1. The van der Waals surface area contributed by atoms with Crippen LogP contribution in [0.1, 0.15) is 30.8 Å². The zero-order valence-electron chi connectivity index (χ0n) is 12.7. The number of carbonyl (C=O) groups is 1. The fourth-order valence-electron chi connectivity index (χ4n) is 3.32. The highest BCUT2D eigenvalue weighted by Gasteiger charge is 2.29. The number of hydrogen-bond donors (Lipinski definition) is 0. The Bertz CT molecular complexity index is 632. The van der Waals surface area contributed by atoms with Gasteiger partial charge in [0, 0.05) is 25.3 Å². The Morgan fingerprint density at radius 1 is 1.38 bits per heavy atom. The molecule has 2 aromatic heterocycles. The molecule has 5 heteroatoms. The molecule has 3 heterocycles. The van der Waals surface area contributed by atoms with Crippen LogP contribution < -0.4 is 4.90 Å². The minimum atomic E-state index is 0.560. The van der Waals surface area contributed by atoms with Crippen LogP contribution in [0.3, 0.4) is 0 Å². The Labute approximate surface area is 125 Å². The Morgan fingerprint density at radius 2 is 2.19 bits per heavy atom. The summed E-state index contributed by atoms with van der Waals surface area (Å²) < 4.78 is 1.87. The van der Waals surface area contributed by atoms with Gasteiger partial charge in [-0.1, -0.05) is 19.9 Å². The van der Waals surface area contributed by atoms with Crippen molar-refractivity contribution in [1.82, 2.24) is 14.3 Å². The molecule has 2 aromatic rings. The summed E-state index contributed by atoms with van der Waals surface area (Å²) in [6.45, 7) is 8.46. The van der Waals surface area contributed by atoms with Crippen LogP contribution in [-0.4, -0.2) is 52.8 Å². The summed E-state index contributed by atoms with van der Waals surface area (Å²) in [5.41, 5.74) is 1.49. The van der Waals surface area contributed by atoms with Crippen LogP contribution in [-0.2, 0) is 0 Å². The maximum absolute atomic E-state index is 11.5. The molecule has 0 saturated carbocycles. The van der Waals surface area contributed by atoms with E-state index >= 15 is 0 Å². The fourth-order valence-corrected chi connectivity index (χ4v) is 3.32. The number of likely N-dealkylation sites (N-methyl/N-ethyl adjacent to an activating group) is 1. The molecule has 3 rings (SSSR count). The number of carbonyl (C=O) groups excluding carboxylic acids is 1. The number of aldehydes is 1. The Hall–Kier alpha value is -1.88. The molecule has 0 amide bonds. The molecule has 1 saturated heterocycles. The lowest BCUT2D eigenvalue weighted by Crippen LogP contribution is -2.37. The van der Waals surface area contributed by atoms with Crippen LogP contribution in [0.2, 0.25) is 0 Å². The van der Waals surface area contributed by atoms with Crippen LogP contribution >= 0.6 is 0 Å². The molecule has 1 aliphatic rings. The monoisotopic (exact) mass is 286 g/mol. The summed E-state index contributed by atoms with van der Waals surface area (Å²) in [4.78, 5) is 20.9. The lowest BCUT2D eigenvalue weighted by molar-refractivity contribution is 0.111. The van der Waals surface area contributed by atoms with Crippen LogP contribution in [0, 0.1) is 0 Å². The fraction of sp³-hybridized carbons (Fsp3) is 0.500. The van der Waals surface area contributed by atoms with Gasteiger partial charge in [0.2, 0.25) is 0 Å². The first-order chi connectivity index (χ1) is 10.3. The van der Waals surface area contributed by atoms with Crippen LogP contribution in [0.25, 0.3) is 5.65 Å². The maximum Gasteiger partial charge on any atom is 0.170 e. The Morgan fingerprint density at radius 3 is 2.90 bits per heavy atom. The third-order valence-electron chi connectivity index (χ3n) is 4.45. The number of aromatic nitrogens is 2. The number of nitrogens with zero attached hydrogens (tertiary/aromatic N) is 4. The van der Waals surface area contributed by atoms with Gasteiger partial charge in [-0.3, -0.25) is 14.1 Å². The molecule has 0 aliphatic carbocycles. The Kier molecular flexibility index (Phi) is 3.92. The van der Waals surface area contributed by atoms with Gasteiger partial charge in [0.05, 0.1) is 0 Å². The first-order valence-corrected chi connectivity index (χ1v) is 7.69. The smallest absolute Gasteiger partial charge is 0.170 e. The van der Waals surface area contributed by atoms with Gasteiger partial charge in [-0.15, -0.1) is 0 Å². The van der Waals surface area contributed by atoms with Crippen molar-refractivity contribution in [3.8, 4) is 0 Å². The second-order valence-corrected chi connectivity index (χ2v) is 5.48. The first kappa shape index (κ1) is 14.1. The normalized spacial score (nSPS) is 18.8. The summed E-state index contributed by atoms with van der Waals surface area (Å²) in [6, 6.07) is 6.37. The minimum absolute atomic E-state index is 0.560. The van der Waals surface area contributed by atoms with Gasteiger partial charge >= 0.3 is 0 Å². The molecular weight excluding hydrogens is 264 g/mol. The van der Waals surface area contributed by atoms with Crippen LogP contribution in [0.4, 0.5) is 5.82 Å². The lowest BCUT2D eigenvalue weighted by atomic mass is 10.2. The van der Waals surface area contributed by atoms with E-state index in [2.05, 4.69) is 28.6 Å². The van der Waals surface area contributed by atoms with E-state index in [9.17, 15) is 4.79 Å². The van der Waals surface area contributed by atoms with E-state index in [1.165, 1.54) is 0 Å². The van der Waals surface area contributed by atoms with Crippen molar-refractivity contribution in [2.24, 2.45) is 0 Å². The average molecular weight is 286 g/mol. The van der Waals surface area contributed by atoms with Crippen molar-refractivity contribution >= 4 is 17.8 Å². The zero-order chi connectivity index (χ0) is 14.8. The standard InChI is InChI=1S/C16H22N4O/c1-3-18(4-2)13-8-10-19(11-13)16-14(12-21)20-9-6-5-7-15(20)17-16/h5-7,9,12-13H,3-4,8,10-11H2,1-2H3. The molecule has 21 heavy (non-hydrogen) atoms. The highest BCUT2D eigenvalue weighted by Crippen LogP contribution is 2.26. The van der Waals surface area contributed by atoms with E-state index in [4.69, 9.17) is 0 Å². The SMILES string of the molecule is CCN(CC)C1CCN(c2nc3ccccn3c2C=O)C1. The van der Waals surface area contributed by atoms with Crippen molar-refractivity contribution in [2.75, 3.05) is 31.1 Å². The van der Waals surface area contributed by atoms with E-state index in [0.29, 0.717) is 11.7 Å². The Balaban J connectivity index is 1.90. The van der Waals surface area contributed by atoms with Gasteiger partial charge in [-0.25, -0.2) is 4.98 Å². The highest BCUT2D eigenvalue weighted by molar-refractivity contribution is 5.83. The summed E-state index contributed by atoms with van der Waals surface area (Å²) in [6.07, 6.45) is 3.95. The average Bonchev–Trinajstić information content (AvgIpc) is 3.12. The summed E-state index contributed by atoms with van der Waals surface area (Å²) in [5, 5.41) is 0. The minimum Gasteiger partial charge on any atom is -0.353 e. The largest absolute Gasteiger partial charge is 0.353 e. The number of hydrogen-bond acceptors (Lipinski definition) is 4. The van der Waals surface area contributed by atoms with E-state index in [-0.39, 0.29) is 0 Å². The van der Waals surface area contributed by atoms with Gasteiger partial charge < -0.3 is 4.90 Å². The second kappa shape index (κ2) is 5.85. The first-order valence-electron chi connectivity index (χ1n) is 7.69. The number of fused-ring (bicyclic) bond motifs is 1. The molecule has 0 radical (unpaired) electrons. The molecule has 1 atom stereocenters. The predicted molar refractivity (Wildman–Crippen MR) is 84.1 cm³/mol. The predicted octanol–water partition coefficient (Wildman–Crippen LogP) is 2.07. The molecule has 5 nitrogen and oxygen atoms in total. The quantitative estimate of drug-likeness (QED) is 0.789. The second-order valence-electron chi connectivity index (χ2n) is 5.48. The summed E-state index contributed by atoms with van der Waals surface area (Å²) in [5.74, 6) is 0.825. The molecule has 0 bridgehead atoms. The lowest BCUT2D eigenvalue weighted by Gasteiger charge is -2.26. The van der Waals surface area contributed by atoms with Gasteiger partial charge in [0.25, 0.3) is 0 Å². The molecular formula is C16H22N4O. The number of imidazole rings is 1. The number of pyridine rings is 1. The number of rotatable bonds is 5. The third-order valence-corrected chi connectivity index (χ3v) is 4.45. The van der Waals surface area contributed by atoms with Crippen molar-refractivity contribution < 1.29 is 4.79 Å². The van der Waals surface area contributed by atoms with E-state index in [1.54, 1.807) is 0 Å². The van der Waals surface area contributed by atoms with E-state index < -0.39 is 0 Å². The molecule has 0 N–H and O–H groups in total.